The Morgan fingerprint density at radius 1 is 1.47 bits per heavy atom. The summed E-state index contributed by atoms with van der Waals surface area (Å²) in [5.41, 5.74) is 2.02. The summed E-state index contributed by atoms with van der Waals surface area (Å²) in [4.78, 5) is 9.93. The Labute approximate surface area is 97.8 Å². The van der Waals surface area contributed by atoms with Crippen LogP contribution in [-0.2, 0) is 12.4 Å². The van der Waals surface area contributed by atoms with E-state index in [1.807, 2.05) is 17.7 Å². The Hall–Kier alpha value is -0.870. The molecule has 2 rings (SSSR count). The maximum Gasteiger partial charge on any atom is 0.113 e. The van der Waals surface area contributed by atoms with Crippen LogP contribution in [-0.4, -0.2) is 14.5 Å². The van der Waals surface area contributed by atoms with Crippen molar-refractivity contribution in [3.8, 4) is 0 Å². The number of hydrogen-bond donors (Lipinski definition) is 0. The van der Waals surface area contributed by atoms with Gasteiger partial charge in [-0.2, -0.15) is 0 Å². The molecule has 0 spiro atoms. The van der Waals surface area contributed by atoms with Gasteiger partial charge in [0.1, 0.15) is 5.01 Å². The lowest BCUT2D eigenvalue weighted by molar-refractivity contribution is 0.787. The van der Waals surface area contributed by atoms with Crippen molar-refractivity contribution < 1.29 is 0 Å². The highest BCUT2D eigenvalue weighted by Gasteiger charge is 2.04. The minimum atomic E-state index is 0.461. The molecule has 2 heterocycles. The Balaban J connectivity index is 2.14. The average Bonchev–Trinajstić information content (AvgIpc) is 2.76. The van der Waals surface area contributed by atoms with Crippen molar-refractivity contribution in [2.24, 2.45) is 0 Å². The van der Waals surface area contributed by atoms with E-state index in [1.165, 1.54) is 4.88 Å². The lowest BCUT2D eigenvalue weighted by atomic mass is 10.4. The second-order valence-corrected chi connectivity index (χ2v) is 4.98. The molecule has 80 valence electrons. The number of aryl methyl sites for hydroxylation is 2. The maximum absolute atomic E-state index is 5.68. The molecule has 0 fully saturated rings. The number of thiazole rings is 1. The smallest absolute Gasteiger partial charge is 0.113 e. The van der Waals surface area contributed by atoms with Gasteiger partial charge in [-0.1, -0.05) is 0 Å². The molecule has 0 aliphatic heterocycles. The Morgan fingerprint density at radius 2 is 2.27 bits per heavy atom. The first-order chi connectivity index (χ1) is 7.19. The highest BCUT2D eigenvalue weighted by molar-refractivity contribution is 7.11. The number of rotatable bonds is 3. The average molecular weight is 242 g/mol. The fraction of sp³-hybridized carbons (Fsp3) is 0.400. The molecule has 2 aromatic heterocycles. The first kappa shape index (κ1) is 10.6. The predicted molar refractivity (Wildman–Crippen MR) is 62.5 cm³/mol. The van der Waals surface area contributed by atoms with Gasteiger partial charge in [-0.25, -0.2) is 9.97 Å². The Kier molecular flexibility index (Phi) is 3.07. The van der Waals surface area contributed by atoms with Crippen LogP contribution in [0.5, 0.6) is 0 Å². The third-order valence-corrected chi connectivity index (χ3v) is 3.55. The predicted octanol–water partition coefficient (Wildman–Crippen LogP) is 2.74. The van der Waals surface area contributed by atoms with Crippen molar-refractivity contribution >= 4 is 22.9 Å². The van der Waals surface area contributed by atoms with Gasteiger partial charge in [-0.3, -0.25) is 0 Å². The number of halogens is 1. The van der Waals surface area contributed by atoms with E-state index < -0.39 is 0 Å². The quantitative estimate of drug-likeness (QED) is 0.774. The molecule has 3 nitrogen and oxygen atoms in total. The summed E-state index contributed by atoms with van der Waals surface area (Å²) in [5, 5.41) is 1.11. The molecule has 0 saturated carbocycles. The van der Waals surface area contributed by atoms with E-state index >= 15 is 0 Å². The molecule has 0 bridgehead atoms. The van der Waals surface area contributed by atoms with Crippen LogP contribution in [0.1, 0.15) is 21.3 Å². The summed E-state index contributed by atoms with van der Waals surface area (Å²) in [6, 6.07) is 0. The third-order valence-electron chi connectivity index (χ3n) is 2.21. The normalized spacial score (nSPS) is 10.9. The van der Waals surface area contributed by atoms with Crippen molar-refractivity contribution in [2.45, 2.75) is 26.3 Å². The molecule has 0 N–H and O–H groups in total. The van der Waals surface area contributed by atoms with E-state index in [-0.39, 0.29) is 0 Å². The van der Waals surface area contributed by atoms with Crippen molar-refractivity contribution in [3.05, 3.63) is 33.8 Å². The van der Waals surface area contributed by atoms with Crippen LogP contribution in [0.15, 0.2) is 12.5 Å². The first-order valence-electron chi connectivity index (χ1n) is 4.68. The SMILES string of the molecule is Cc1nc(Cn2cnc(CCl)c2)sc1C. The van der Waals surface area contributed by atoms with E-state index in [0.29, 0.717) is 5.88 Å². The van der Waals surface area contributed by atoms with Gasteiger partial charge in [0, 0.05) is 11.1 Å². The van der Waals surface area contributed by atoms with Gasteiger partial charge < -0.3 is 4.57 Å². The van der Waals surface area contributed by atoms with Gasteiger partial charge in [-0.05, 0) is 13.8 Å². The van der Waals surface area contributed by atoms with Crippen LogP contribution < -0.4 is 0 Å². The second kappa shape index (κ2) is 4.33. The molecule has 0 atom stereocenters. The minimum absolute atomic E-state index is 0.461. The van der Waals surface area contributed by atoms with Crippen molar-refractivity contribution in [1.29, 1.82) is 0 Å². The van der Waals surface area contributed by atoms with E-state index in [9.17, 15) is 0 Å². The molecule has 0 saturated heterocycles. The molecular formula is C10H12ClN3S. The lowest BCUT2D eigenvalue weighted by Crippen LogP contribution is -1.95. The molecule has 2 aromatic rings. The summed E-state index contributed by atoms with van der Waals surface area (Å²) in [6.45, 7) is 4.91. The van der Waals surface area contributed by atoms with E-state index in [2.05, 4.69) is 16.9 Å². The Morgan fingerprint density at radius 3 is 2.80 bits per heavy atom. The highest BCUT2D eigenvalue weighted by Crippen LogP contribution is 2.17. The summed E-state index contributed by atoms with van der Waals surface area (Å²) < 4.78 is 2.01. The maximum atomic E-state index is 5.68. The zero-order valence-corrected chi connectivity index (χ0v) is 10.3. The van der Waals surface area contributed by atoms with Gasteiger partial charge in [0.05, 0.1) is 30.1 Å². The standard InChI is InChI=1S/C10H12ClN3S/c1-7-8(2)15-10(13-7)5-14-4-9(3-11)12-6-14/h4,6H,3,5H2,1-2H3. The van der Waals surface area contributed by atoms with Gasteiger partial charge in [0.25, 0.3) is 0 Å². The van der Waals surface area contributed by atoms with E-state index in [0.717, 1.165) is 22.9 Å². The third kappa shape index (κ3) is 2.38. The van der Waals surface area contributed by atoms with Crippen molar-refractivity contribution in [3.63, 3.8) is 0 Å². The number of alkyl halides is 1. The van der Waals surface area contributed by atoms with Crippen molar-refractivity contribution in [2.75, 3.05) is 0 Å². The summed E-state index contributed by atoms with van der Waals surface area (Å²) in [7, 11) is 0. The minimum Gasteiger partial charge on any atom is -0.330 e. The van der Waals surface area contributed by atoms with Crippen molar-refractivity contribution in [1.82, 2.24) is 14.5 Å². The molecule has 0 amide bonds. The van der Waals surface area contributed by atoms with Gasteiger partial charge in [-0.15, -0.1) is 22.9 Å². The summed E-state index contributed by atoms with van der Waals surface area (Å²) >= 11 is 7.42. The molecule has 15 heavy (non-hydrogen) atoms. The van der Waals surface area contributed by atoms with Gasteiger partial charge >= 0.3 is 0 Å². The van der Waals surface area contributed by atoms with Crippen LogP contribution in [0, 0.1) is 13.8 Å². The second-order valence-electron chi connectivity index (χ2n) is 3.42. The zero-order valence-electron chi connectivity index (χ0n) is 8.70. The van der Waals surface area contributed by atoms with Gasteiger partial charge in [0.2, 0.25) is 0 Å². The number of aromatic nitrogens is 3. The van der Waals surface area contributed by atoms with Crippen LogP contribution in [0.2, 0.25) is 0 Å². The highest BCUT2D eigenvalue weighted by atomic mass is 35.5. The molecular weight excluding hydrogens is 230 g/mol. The monoisotopic (exact) mass is 241 g/mol. The fourth-order valence-electron chi connectivity index (χ4n) is 1.32. The van der Waals surface area contributed by atoms with Crippen LogP contribution in [0.25, 0.3) is 0 Å². The van der Waals surface area contributed by atoms with E-state index in [4.69, 9.17) is 11.6 Å². The first-order valence-corrected chi connectivity index (χ1v) is 6.03. The number of hydrogen-bond acceptors (Lipinski definition) is 3. The number of nitrogens with zero attached hydrogens (tertiary/aromatic N) is 3. The largest absolute Gasteiger partial charge is 0.330 e. The molecule has 0 aliphatic carbocycles. The lowest BCUT2D eigenvalue weighted by Gasteiger charge is -1.96. The fourth-order valence-corrected chi connectivity index (χ4v) is 2.41. The molecule has 5 heteroatoms. The molecule has 0 radical (unpaired) electrons. The van der Waals surface area contributed by atoms with Crippen LogP contribution in [0.3, 0.4) is 0 Å². The zero-order chi connectivity index (χ0) is 10.8. The molecule has 0 aromatic carbocycles. The summed E-state index contributed by atoms with van der Waals surface area (Å²) in [5.74, 6) is 0.461. The van der Waals surface area contributed by atoms with Crippen LogP contribution in [0.4, 0.5) is 0 Å². The Bertz CT molecular complexity index is 441. The topological polar surface area (TPSA) is 30.7 Å². The van der Waals surface area contributed by atoms with Gasteiger partial charge in [0.15, 0.2) is 0 Å². The molecule has 0 aliphatic rings. The van der Waals surface area contributed by atoms with E-state index in [1.54, 1.807) is 17.7 Å². The van der Waals surface area contributed by atoms with Crippen LogP contribution >= 0.6 is 22.9 Å². The summed E-state index contributed by atoms with van der Waals surface area (Å²) in [6.07, 6.45) is 3.75. The molecule has 0 unspecified atom stereocenters. The number of imidazole rings is 1.